The maximum absolute atomic E-state index is 12.4. The summed E-state index contributed by atoms with van der Waals surface area (Å²) in [6.45, 7) is 3.75. The second kappa shape index (κ2) is 6.34. The van der Waals surface area contributed by atoms with Crippen LogP contribution in [-0.2, 0) is 4.79 Å². The molecule has 3 rings (SSSR count). The number of hydrogen-bond acceptors (Lipinski definition) is 3. The van der Waals surface area contributed by atoms with E-state index in [0.29, 0.717) is 11.9 Å². The van der Waals surface area contributed by atoms with Crippen molar-refractivity contribution >= 4 is 27.7 Å². The van der Waals surface area contributed by atoms with Gasteiger partial charge in [0, 0.05) is 35.7 Å². The number of carbonyl (C=O) groups excluding carboxylic acids is 1. The number of nitrogens with one attached hydrogen (secondary N) is 1. The van der Waals surface area contributed by atoms with Crippen molar-refractivity contribution in [2.24, 2.45) is 5.92 Å². The minimum absolute atomic E-state index is 0.289. The van der Waals surface area contributed by atoms with E-state index in [4.69, 9.17) is 0 Å². The van der Waals surface area contributed by atoms with Crippen molar-refractivity contribution < 1.29 is 4.79 Å². The summed E-state index contributed by atoms with van der Waals surface area (Å²) in [7, 11) is 0. The van der Waals surface area contributed by atoms with E-state index in [1.165, 1.54) is 18.4 Å². The summed E-state index contributed by atoms with van der Waals surface area (Å²) in [5.41, 5.74) is 1.17. The first-order valence-electron chi connectivity index (χ1n) is 7.81. The lowest BCUT2D eigenvalue weighted by molar-refractivity contribution is -0.134. The SMILES string of the molecule is Cc1cc(NC2CCN(C(=O)C3CCCC3)C2)ncc1Br. The van der Waals surface area contributed by atoms with Crippen LogP contribution in [0.25, 0.3) is 0 Å². The number of halogens is 1. The first-order chi connectivity index (χ1) is 10.1. The van der Waals surface area contributed by atoms with Gasteiger partial charge in [-0.1, -0.05) is 12.8 Å². The van der Waals surface area contributed by atoms with Gasteiger partial charge >= 0.3 is 0 Å². The van der Waals surface area contributed by atoms with Crippen LogP contribution >= 0.6 is 15.9 Å². The molecule has 1 unspecified atom stereocenters. The van der Waals surface area contributed by atoms with E-state index in [-0.39, 0.29) is 5.92 Å². The molecule has 1 amide bonds. The molecule has 4 nitrogen and oxygen atoms in total. The van der Waals surface area contributed by atoms with Gasteiger partial charge in [0.05, 0.1) is 0 Å². The lowest BCUT2D eigenvalue weighted by Crippen LogP contribution is -2.35. The molecule has 1 aliphatic heterocycles. The molecule has 1 saturated carbocycles. The number of likely N-dealkylation sites (tertiary alicyclic amines) is 1. The maximum Gasteiger partial charge on any atom is 0.225 e. The largest absolute Gasteiger partial charge is 0.365 e. The van der Waals surface area contributed by atoms with Crippen LogP contribution in [0, 0.1) is 12.8 Å². The summed E-state index contributed by atoms with van der Waals surface area (Å²) in [6.07, 6.45) is 7.44. The van der Waals surface area contributed by atoms with Crippen LogP contribution in [0.15, 0.2) is 16.7 Å². The maximum atomic E-state index is 12.4. The molecule has 0 spiro atoms. The molecule has 0 bridgehead atoms. The fraction of sp³-hybridized carbons (Fsp3) is 0.625. The number of hydrogen-bond donors (Lipinski definition) is 1. The molecule has 1 saturated heterocycles. The van der Waals surface area contributed by atoms with Gasteiger partial charge in [-0.25, -0.2) is 4.98 Å². The van der Waals surface area contributed by atoms with Crippen molar-refractivity contribution in [1.82, 2.24) is 9.88 Å². The summed E-state index contributed by atoms with van der Waals surface area (Å²) >= 11 is 3.47. The fourth-order valence-electron chi connectivity index (χ4n) is 3.34. The number of rotatable bonds is 3. The minimum atomic E-state index is 0.289. The summed E-state index contributed by atoms with van der Waals surface area (Å²) in [5.74, 6) is 1.56. The van der Waals surface area contributed by atoms with Gasteiger partial charge in [-0.3, -0.25) is 4.79 Å². The van der Waals surface area contributed by atoms with Crippen molar-refractivity contribution in [2.45, 2.75) is 45.1 Å². The molecule has 0 radical (unpaired) electrons. The molecular formula is C16H22BrN3O. The predicted octanol–water partition coefficient (Wildman–Crippen LogP) is 3.36. The normalized spacial score (nSPS) is 22.8. The number of nitrogens with zero attached hydrogens (tertiary/aromatic N) is 2. The second-order valence-corrected chi connectivity index (χ2v) is 7.07. The summed E-state index contributed by atoms with van der Waals surface area (Å²) in [5, 5.41) is 3.46. The highest BCUT2D eigenvalue weighted by Gasteiger charge is 2.32. The van der Waals surface area contributed by atoms with E-state index in [2.05, 4.69) is 33.2 Å². The van der Waals surface area contributed by atoms with Crippen molar-refractivity contribution in [3.8, 4) is 0 Å². The smallest absolute Gasteiger partial charge is 0.225 e. The molecule has 0 aromatic carbocycles. The van der Waals surface area contributed by atoms with Gasteiger partial charge in [-0.05, 0) is 53.7 Å². The van der Waals surface area contributed by atoms with Gasteiger partial charge in [0.1, 0.15) is 5.82 Å². The van der Waals surface area contributed by atoms with E-state index in [1.807, 2.05) is 17.2 Å². The average Bonchev–Trinajstić information content (AvgIpc) is 3.13. The van der Waals surface area contributed by atoms with Crippen molar-refractivity contribution in [3.05, 3.63) is 22.3 Å². The number of anilines is 1. The van der Waals surface area contributed by atoms with Gasteiger partial charge in [-0.2, -0.15) is 0 Å². The van der Waals surface area contributed by atoms with Gasteiger partial charge in [0.2, 0.25) is 5.91 Å². The molecular weight excluding hydrogens is 330 g/mol. The Morgan fingerprint density at radius 2 is 2.14 bits per heavy atom. The number of aryl methyl sites for hydroxylation is 1. The highest BCUT2D eigenvalue weighted by atomic mass is 79.9. The third-order valence-electron chi connectivity index (χ3n) is 4.60. The van der Waals surface area contributed by atoms with E-state index >= 15 is 0 Å². The van der Waals surface area contributed by atoms with E-state index in [0.717, 1.165) is 42.6 Å². The van der Waals surface area contributed by atoms with Gasteiger partial charge in [0.15, 0.2) is 0 Å². The van der Waals surface area contributed by atoms with Gasteiger partial charge in [-0.15, -0.1) is 0 Å². The molecule has 21 heavy (non-hydrogen) atoms. The predicted molar refractivity (Wildman–Crippen MR) is 87.2 cm³/mol. The van der Waals surface area contributed by atoms with Gasteiger partial charge < -0.3 is 10.2 Å². The molecule has 5 heteroatoms. The van der Waals surface area contributed by atoms with Crippen molar-refractivity contribution in [2.75, 3.05) is 18.4 Å². The Kier molecular flexibility index (Phi) is 4.48. The highest BCUT2D eigenvalue weighted by molar-refractivity contribution is 9.10. The van der Waals surface area contributed by atoms with Crippen LogP contribution in [-0.4, -0.2) is 34.9 Å². The summed E-state index contributed by atoms with van der Waals surface area (Å²) in [6, 6.07) is 2.37. The molecule has 114 valence electrons. The zero-order valence-electron chi connectivity index (χ0n) is 12.4. The number of pyridine rings is 1. The zero-order valence-corrected chi connectivity index (χ0v) is 14.0. The van der Waals surface area contributed by atoms with Crippen LogP contribution in [0.2, 0.25) is 0 Å². The lowest BCUT2D eigenvalue weighted by atomic mass is 10.1. The average molecular weight is 352 g/mol. The van der Waals surface area contributed by atoms with Crippen molar-refractivity contribution in [3.63, 3.8) is 0 Å². The Hall–Kier alpha value is -1.10. The summed E-state index contributed by atoms with van der Waals surface area (Å²) < 4.78 is 1.03. The number of aromatic nitrogens is 1. The number of amides is 1. The first kappa shape index (κ1) is 14.8. The second-order valence-electron chi connectivity index (χ2n) is 6.21. The topological polar surface area (TPSA) is 45.2 Å². The quantitative estimate of drug-likeness (QED) is 0.907. The lowest BCUT2D eigenvalue weighted by Gasteiger charge is -2.21. The molecule has 1 aliphatic carbocycles. The molecule has 1 atom stereocenters. The first-order valence-corrected chi connectivity index (χ1v) is 8.60. The third-order valence-corrected chi connectivity index (χ3v) is 5.43. The standard InChI is InChI=1S/C16H22BrN3O/c1-11-8-15(18-9-14(11)17)19-13-6-7-20(10-13)16(21)12-4-2-3-5-12/h8-9,12-13H,2-7,10H2,1H3,(H,18,19). The summed E-state index contributed by atoms with van der Waals surface area (Å²) in [4.78, 5) is 18.9. The van der Waals surface area contributed by atoms with E-state index in [1.54, 1.807) is 0 Å². The Labute approximate surface area is 134 Å². The number of carbonyl (C=O) groups is 1. The third kappa shape index (κ3) is 3.39. The molecule has 1 N–H and O–H groups in total. The Bertz CT molecular complexity index is 528. The Morgan fingerprint density at radius 1 is 1.38 bits per heavy atom. The monoisotopic (exact) mass is 351 g/mol. The van der Waals surface area contributed by atoms with Crippen LogP contribution in [0.3, 0.4) is 0 Å². The van der Waals surface area contributed by atoms with Crippen LogP contribution in [0.5, 0.6) is 0 Å². The van der Waals surface area contributed by atoms with Crippen LogP contribution in [0.1, 0.15) is 37.7 Å². The molecule has 1 aromatic rings. The van der Waals surface area contributed by atoms with Gasteiger partial charge in [0.25, 0.3) is 0 Å². The Morgan fingerprint density at radius 3 is 2.86 bits per heavy atom. The highest BCUT2D eigenvalue weighted by Crippen LogP contribution is 2.28. The Balaban J connectivity index is 1.56. The molecule has 2 aliphatic rings. The molecule has 2 fully saturated rings. The van der Waals surface area contributed by atoms with Crippen LogP contribution in [0.4, 0.5) is 5.82 Å². The van der Waals surface area contributed by atoms with E-state index in [9.17, 15) is 4.79 Å². The van der Waals surface area contributed by atoms with Crippen LogP contribution < -0.4 is 5.32 Å². The zero-order chi connectivity index (χ0) is 14.8. The van der Waals surface area contributed by atoms with Crippen molar-refractivity contribution in [1.29, 1.82) is 0 Å². The molecule has 1 aromatic heterocycles. The minimum Gasteiger partial charge on any atom is -0.365 e. The fourth-order valence-corrected chi connectivity index (χ4v) is 3.55. The molecule has 2 heterocycles. The van der Waals surface area contributed by atoms with E-state index < -0.39 is 0 Å².